The molecule has 0 N–H and O–H groups in total. The number of amidine groups is 1. The van der Waals surface area contributed by atoms with E-state index in [-0.39, 0.29) is 5.92 Å². The van der Waals surface area contributed by atoms with Crippen LogP contribution in [-0.2, 0) is 0 Å². The molecule has 0 fully saturated rings. The van der Waals surface area contributed by atoms with Crippen LogP contribution in [0.15, 0.2) is 170 Å². The van der Waals surface area contributed by atoms with E-state index < -0.39 is 0 Å². The second-order valence-electron chi connectivity index (χ2n) is 13.5. The van der Waals surface area contributed by atoms with Crippen LogP contribution in [0.25, 0.3) is 71.5 Å². The van der Waals surface area contributed by atoms with Crippen molar-refractivity contribution in [1.82, 2.24) is 0 Å². The SMILES string of the molecule is CC1C/C=C(\c2cc3c(cc2Cl)oc2ccc4ccccc4c23)N=C(c2cccc(-c3ccccc3)c2)N=C1c1cccc2c1oc1ccccc12. The van der Waals surface area contributed by atoms with Gasteiger partial charge in [-0.1, -0.05) is 134 Å². The van der Waals surface area contributed by atoms with Crippen LogP contribution >= 0.6 is 11.6 Å². The Hall–Kier alpha value is -6.23. The number of benzene rings is 7. The summed E-state index contributed by atoms with van der Waals surface area (Å²) in [5.41, 5.74) is 9.93. The highest BCUT2D eigenvalue weighted by molar-refractivity contribution is 6.34. The Morgan fingerprint density at radius 2 is 1.31 bits per heavy atom. The number of allylic oxidation sites excluding steroid dienone is 1. The third-order valence-electron chi connectivity index (χ3n) is 10.2. The zero-order valence-corrected chi connectivity index (χ0v) is 29.1. The number of fused-ring (bicyclic) bond motifs is 8. The number of aliphatic imine (C=N–C) groups is 2. The maximum absolute atomic E-state index is 7.12. The molecule has 1 unspecified atom stereocenters. The molecular weight excluding hydrogens is 660 g/mol. The summed E-state index contributed by atoms with van der Waals surface area (Å²) in [4.78, 5) is 10.8. The first-order chi connectivity index (χ1) is 25.6. The molecule has 0 spiro atoms. The van der Waals surface area contributed by atoms with Gasteiger partial charge in [-0.05, 0) is 58.7 Å². The molecule has 7 aromatic carbocycles. The largest absolute Gasteiger partial charge is 0.456 e. The molecule has 0 bridgehead atoms. The van der Waals surface area contributed by atoms with Crippen molar-refractivity contribution in [3.63, 3.8) is 0 Å². The second kappa shape index (κ2) is 12.2. The zero-order chi connectivity index (χ0) is 34.8. The van der Waals surface area contributed by atoms with Gasteiger partial charge in [0.2, 0.25) is 0 Å². The van der Waals surface area contributed by atoms with Gasteiger partial charge in [-0.2, -0.15) is 0 Å². The van der Waals surface area contributed by atoms with Crippen molar-refractivity contribution in [2.45, 2.75) is 13.3 Å². The predicted molar refractivity (Wildman–Crippen MR) is 217 cm³/mol. The lowest BCUT2D eigenvalue weighted by Gasteiger charge is -2.19. The molecule has 1 atom stereocenters. The maximum Gasteiger partial charge on any atom is 0.160 e. The van der Waals surface area contributed by atoms with Gasteiger partial charge in [0.05, 0.1) is 16.4 Å². The van der Waals surface area contributed by atoms with Crippen LogP contribution in [0.2, 0.25) is 5.02 Å². The molecule has 1 aliphatic heterocycles. The highest BCUT2D eigenvalue weighted by atomic mass is 35.5. The van der Waals surface area contributed by atoms with E-state index in [1.807, 2.05) is 36.4 Å². The summed E-state index contributed by atoms with van der Waals surface area (Å²) in [5, 5.41) is 7.13. The minimum Gasteiger partial charge on any atom is -0.456 e. The van der Waals surface area contributed by atoms with Gasteiger partial charge in [0.15, 0.2) is 5.84 Å². The fourth-order valence-corrected chi connectivity index (χ4v) is 7.87. The van der Waals surface area contributed by atoms with Crippen molar-refractivity contribution in [2.24, 2.45) is 15.9 Å². The van der Waals surface area contributed by atoms with Crippen LogP contribution in [0.5, 0.6) is 0 Å². The minimum absolute atomic E-state index is 0.0397. The van der Waals surface area contributed by atoms with Crippen molar-refractivity contribution in [3.8, 4) is 11.1 Å². The maximum atomic E-state index is 7.12. The van der Waals surface area contributed by atoms with Crippen LogP contribution in [0.1, 0.15) is 30.0 Å². The third kappa shape index (κ3) is 5.06. The topological polar surface area (TPSA) is 51.0 Å². The quantitative estimate of drug-likeness (QED) is 0.184. The molecular formula is C47H31ClN2O2. The average molecular weight is 691 g/mol. The van der Waals surface area contributed by atoms with Crippen LogP contribution in [0.3, 0.4) is 0 Å². The average Bonchev–Trinajstić information content (AvgIpc) is 3.75. The molecule has 0 saturated heterocycles. The number of nitrogens with zero attached hydrogens (tertiary/aromatic N) is 2. The van der Waals surface area contributed by atoms with Crippen molar-refractivity contribution in [1.29, 1.82) is 0 Å². The Kier molecular flexibility index (Phi) is 7.19. The van der Waals surface area contributed by atoms with Crippen molar-refractivity contribution in [2.75, 3.05) is 0 Å². The molecule has 2 aromatic heterocycles. The molecule has 1 aliphatic rings. The molecule has 4 nitrogen and oxygen atoms in total. The lowest BCUT2D eigenvalue weighted by molar-refractivity contribution is 0.666. The Morgan fingerprint density at radius 3 is 2.21 bits per heavy atom. The molecule has 0 saturated carbocycles. The number of para-hydroxylation sites is 2. The Bertz CT molecular complexity index is 2960. The monoisotopic (exact) mass is 690 g/mol. The van der Waals surface area contributed by atoms with E-state index in [1.54, 1.807) is 0 Å². The number of halogens is 1. The van der Waals surface area contributed by atoms with Gasteiger partial charge in [0.1, 0.15) is 22.3 Å². The van der Waals surface area contributed by atoms with E-state index in [9.17, 15) is 0 Å². The van der Waals surface area contributed by atoms with E-state index in [0.717, 1.165) is 93.9 Å². The molecule has 0 amide bonds. The number of hydrogen-bond acceptors (Lipinski definition) is 4. The molecule has 5 heteroatoms. The van der Waals surface area contributed by atoms with Gasteiger partial charge in [0, 0.05) is 50.2 Å². The normalized spacial score (nSPS) is 16.2. The Morgan fingerprint density at radius 1 is 0.558 bits per heavy atom. The van der Waals surface area contributed by atoms with Gasteiger partial charge >= 0.3 is 0 Å². The first-order valence-corrected chi connectivity index (χ1v) is 17.9. The lowest BCUT2D eigenvalue weighted by atomic mass is 9.92. The van der Waals surface area contributed by atoms with E-state index in [2.05, 4.69) is 122 Å². The standard InChI is InChI=1S/C47H31ClN2O2/c1-28-21-23-40(37-26-38-43(27-39(37)48)51-42-24-22-30-13-5-6-16-33(30)44(38)42)49-47(32-15-9-14-31(25-32)29-11-3-2-4-12-29)50-45(28)36-19-10-18-35-34-17-7-8-20-41(34)52-46(35)36/h2-20,22-28H,21H2,1H3/b40-23+,49-47?,50-45?. The molecule has 248 valence electrons. The van der Waals surface area contributed by atoms with E-state index >= 15 is 0 Å². The predicted octanol–water partition coefficient (Wildman–Crippen LogP) is 13.3. The van der Waals surface area contributed by atoms with Crippen molar-refractivity contribution >= 4 is 83.5 Å². The fourth-order valence-electron chi connectivity index (χ4n) is 7.62. The van der Waals surface area contributed by atoms with Gasteiger partial charge in [-0.3, -0.25) is 0 Å². The first-order valence-electron chi connectivity index (χ1n) is 17.6. The van der Waals surface area contributed by atoms with E-state index in [0.29, 0.717) is 17.3 Å². The van der Waals surface area contributed by atoms with Crippen molar-refractivity contribution in [3.05, 3.63) is 173 Å². The highest BCUT2D eigenvalue weighted by Gasteiger charge is 2.24. The zero-order valence-electron chi connectivity index (χ0n) is 28.3. The van der Waals surface area contributed by atoms with Crippen LogP contribution < -0.4 is 0 Å². The summed E-state index contributed by atoms with van der Waals surface area (Å²) in [6.07, 6.45) is 2.90. The summed E-state index contributed by atoms with van der Waals surface area (Å²) in [6, 6.07) is 50.0. The summed E-state index contributed by atoms with van der Waals surface area (Å²) in [7, 11) is 0. The highest BCUT2D eigenvalue weighted by Crippen LogP contribution is 2.40. The van der Waals surface area contributed by atoms with Gasteiger partial charge in [-0.25, -0.2) is 9.98 Å². The molecule has 0 aliphatic carbocycles. The third-order valence-corrected chi connectivity index (χ3v) is 10.5. The molecule has 0 radical (unpaired) electrons. The lowest BCUT2D eigenvalue weighted by Crippen LogP contribution is -2.17. The summed E-state index contributed by atoms with van der Waals surface area (Å²) in [6.45, 7) is 2.22. The number of hydrogen-bond donors (Lipinski definition) is 0. The summed E-state index contributed by atoms with van der Waals surface area (Å²) >= 11 is 7.12. The summed E-state index contributed by atoms with van der Waals surface area (Å²) < 4.78 is 12.9. The van der Waals surface area contributed by atoms with Crippen molar-refractivity contribution < 1.29 is 8.83 Å². The van der Waals surface area contributed by atoms with Crippen LogP contribution in [0, 0.1) is 5.92 Å². The van der Waals surface area contributed by atoms with Crippen LogP contribution in [-0.4, -0.2) is 11.5 Å². The number of furan rings is 2. The van der Waals surface area contributed by atoms with Gasteiger partial charge in [-0.15, -0.1) is 0 Å². The van der Waals surface area contributed by atoms with E-state index in [1.165, 1.54) is 0 Å². The van der Waals surface area contributed by atoms with E-state index in [4.69, 9.17) is 30.4 Å². The Balaban J connectivity index is 1.20. The Labute approximate surface area is 305 Å². The molecule has 9 aromatic rings. The first kappa shape index (κ1) is 30.6. The minimum atomic E-state index is 0.0397. The second-order valence-corrected chi connectivity index (χ2v) is 13.9. The summed E-state index contributed by atoms with van der Waals surface area (Å²) in [5.74, 6) is 0.648. The fraction of sp³-hybridized carbons (Fsp3) is 0.0638. The van der Waals surface area contributed by atoms with Gasteiger partial charge in [0.25, 0.3) is 0 Å². The van der Waals surface area contributed by atoms with Crippen LogP contribution in [0.4, 0.5) is 0 Å². The van der Waals surface area contributed by atoms with Gasteiger partial charge < -0.3 is 8.83 Å². The molecule has 3 heterocycles. The number of rotatable bonds is 4. The molecule has 52 heavy (non-hydrogen) atoms. The smallest absolute Gasteiger partial charge is 0.160 e. The molecule has 10 rings (SSSR count).